The van der Waals surface area contributed by atoms with Crippen molar-refractivity contribution in [1.82, 2.24) is 0 Å². The second-order valence-electron chi connectivity index (χ2n) is 4.51. The van der Waals surface area contributed by atoms with Crippen LogP contribution in [0.1, 0.15) is 23.6 Å². The van der Waals surface area contributed by atoms with Gasteiger partial charge in [0.2, 0.25) is 0 Å². The summed E-state index contributed by atoms with van der Waals surface area (Å²) in [6.45, 7) is 5.87. The molecule has 2 aromatic rings. The molecule has 0 fully saturated rings. The van der Waals surface area contributed by atoms with Gasteiger partial charge in [-0.05, 0) is 61.2 Å². The van der Waals surface area contributed by atoms with E-state index in [1.807, 2.05) is 38.1 Å². The van der Waals surface area contributed by atoms with E-state index in [4.69, 9.17) is 4.74 Å². The van der Waals surface area contributed by atoms with Crippen molar-refractivity contribution in [1.29, 1.82) is 0 Å². The van der Waals surface area contributed by atoms with Gasteiger partial charge in [-0.25, -0.2) is 0 Å². The highest BCUT2D eigenvalue weighted by molar-refractivity contribution is 5.46. The van der Waals surface area contributed by atoms with Crippen molar-refractivity contribution in [3.8, 4) is 17.2 Å². The van der Waals surface area contributed by atoms with Gasteiger partial charge < -0.3 is 9.84 Å². The summed E-state index contributed by atoms with van der Waals surface area (Å²) in [6, 6.07) is 11.8. The second-order valence-corrected chi connectivity index (χ2v) is 4.51. The molecule has 2 aromatic carbocycles. The van der Waals surface area contributed by atoms with E-state index in [2.05, 4.69) is 19.1 Å². The summed E-state index contributed by atoms with van der Waals surface area (Å²) in [5.41, 5.74) is 2.95. The Morgan fingerprint density at radius 1 is 0.944 bits per heavy atom. The Bertz CT molecular complexity index is 519. The Kier molecular flexibility index (Phi) is 3.56. The number of hydrogen-bond donors (Lipinski definition) is 1. The number of phenolic OH excluding ortho intramolecular Hbond substituents is 1. The van der Waals surface area contributed by atoms with Crippen LogP contribution in [0.2, 0.25) is 0 Å². The van der Waals surface area contributed by atoms with Crippen LogP contribution in [0.5, 0.6) is 17.2 Å². The van der Waals surface area contributed by atoms with Gasteiger partial charge in [0.25, 0.3) is 0 Å². The highest BCUT2D eigenvalue weighted by Gasteiger charge is 2.05. The molecular weight excluding hydrogens is 224 g/mol. The Balaban J connectivity index is 2.23. The van der Waals surface area contributed by atoms with E-state index in [-0.39, 0.29) is 0 Å². The van der Waals surface area contributed by atoms with E-state index >= 15 is 0 Å². The van der Waals surface area contributed by atoms with E-state index < -0.39 is 0 Å². The SMILES string of the molecule is CCc1ccc(Oc2cc(C)c(O)c(C)c2)cc1. The molecule has 2 rings (SSSR count). The van der Waals surface area contributed by atoms with Crippen molar-refractivity contribution in [3.63, 3.8) is 0 Å². The number of benzene rings is 2. The van der Waals surface area contributed by atoms with E-state index in [9.17, 15) is 5.11 Å². The molecule has 0 aromatic heterocycles. The van der Waals surface area contributed by atoms with Crippen LogP contribution in [-0.2, 0) is 6.42 Å². The number of aryl methyl sites for hydroxylation is 3. The second kappa shape index (κ2) is 5.13. The molecule has 0 unspecified atom stereocenters. The zero-order valence-electron chi connectivity index (χ0n) is 11.0. The van der Waals surface area contributed by atoms with Crippen LogP contribution in [-0.4, -0.2) is 5.11 Å². The van der Waals surface area contributed by atoms with E-state index in [0.717, 1.165) is 29.0 Å². The molecule has 18 heavy (non-hydrogen) atoms. The summed E-state index contributed by atoms with van der Waals surface area (Å²) in [5, 5.41) is 9.71. The minimum Gasteiger partial charge on any atom is -0.507 e. The van der Waals surface area contributed by atoms with Crippen LogP contribution in [0, 0.1) is 13.8 Å². The first kappa shape index (κ1) is 12.5. The molecule has 2 nitrogen and oxygen atoms in total. The van der Waals surface area contributed by atoms with Crippen molar-refractivity contribution >= 4 is 0 Å². The van der Waals surface area contributed by atoms with Gasteiger partial charge in [0.05, 0.1) is 0 Å². The van der Waals surface area contributed by atoms with Crippen LogP contribution in [0.15, 0.2) is 36.4 Å². The third kappa shape index (κ3) is 2.65. The molecule has 0 amide bonds. The largest absolute Gasteiger partial charge is 0.507 e. The lowest BCUT2D eigenvalue weighted by molar-refractivity contribution is 0.456. The molecule has 2 heteroatoms. The van der Waals surface area contributed by atoms with Gasteiger partial charge in [-0.2, -0.15) is 0 Å². The normalized spacial score (nSPS) is 10.4. The van der Waals surface area contributed by atoms with Gasteiger partial charge in [0, 0.05) is 0 Å². The third-order valence-corrected chi connectivity index (χ3v) is 3.03. The summed E-state index contributed by atoms with van der Waals surface area (Å²) in [6.07, 6.45) is 1.03. The predicted octanol–water partition coefficient (Wildman–Crippen LogP) is 4.36. The van der Waals surface area contributed by atoms with E-state index in [1.165, 1.54) is 5.56 Å². The van der Waals surface area contributed by atoms with Gasteiger partial charge in [-0.15, -0.1) is 0 Å². The molecule has 0 bridgehead atoms. The highest BCUT2D eigenvalue weighted by Crippen LogP contribution is 2.30. The average molecular weight is 242 g/mol. The Labute approximate surface area is 108 Å². The van der Waals surface area contributed by atoms with Crippen LogP contribution < -0.4 is 4.74 Å². The van der Waals surface area contributed by atoms with E-state index in [0.29, 0.717) is 5.75 Å². The minimum absolute atomic E-state index is 0.337. The number of rotatable bonds is 3. The van der Waals surface area contributed by atoms with Gasteiger partial charge in [0.1, 0.15) is 17.2 Å². The maximum Gasteiger partial charge on any atom is 0.128 e. The van der Waals surface area contributed by atoms with Crippen molar-refractivity contribution in [2.75, 3.05) is 0 Å². The molecule has 0 aliphatic carbocycles. The first-order valence-electron chi connectivity index (χ1n) is 6.17. The maximum absolute atomic E-state index is 9.71. The predicted molar refractivity (Wildman–Crippen MR) is 73.5 cm³/mol. The third-order valence-electron chi connectivity index (χ3n) is 3.03. The molecule has 0 aliphatic rings. The number of ether oxygens (including phenoxy) is 1. The Morgan fingerprint density at radius 2 is 1.50 bits per heavy atom. The summed E-state index contributed by atoms with van der Waals surface area (Å²) in [5.74, 6) is 1.91. The molecular formula is C16H18O2. The van der Waals surface area contributed by atoms with Crippen molar-refractivity contribution in [3.05, 3.63) is 53.1 Å². The van der Waals surface area contributed by atoms with E-state index in [1.54, 1.807) is 0 Å². The molecule has 0 heterocycles. The molecule has 0 saturated carbocycles. The summed E-state index contributed by atoms with van der Waals surface area (Å²) in [7, 11) is 0. The fourth-order valence-corrected chi connectivity index (χ4v) is 1.90. The highest BCUT2D eigenvalue weighted by atomic mass is 16.5. The van der Waals surface area contributed by atoms with Crippen LogP contribution in [0.3, 0.4) is 0 Å². The summed E-state index contributed by atoms with van der Waals surface area (Å²) in [4.78, 5) is 0. The molecule has 1 N–H and O–H groups in total. The Hall–Kier alpha value is -1.96. The van der Waals surface area contributed by atoms with Gasteiger partial charge in [-0.3, -0.25) is 0 Å². The Morgan fingerprint density at radius 3 is 2.00 bits per heavy atom. The van der Waals surface area contributed by atoms with Gasteiger partial charge in [0.15, 0.2) is 0 Å². The van der Waals surface area contributed by atoms with Crippen LogP contribution >= 0.6 is 0 Å². The van der Waals surface area contributed by atoms with Crippen molar-refractivity contribution in [2.45, 2.75) is 27.2 Å². The standard InChI is InChI=1S/C16H18O2/c1-4-13-5-7-14(8-6-13)18-15-9-11(2)16(17)12(3)10-15/h5-10,17H,4H2,1-3H3. The molecule has 0 spiro atoms. The number of aromatic hydroxyl groups is 1. The lowest BCUT2D eigenvalue weighted by Gasteiger charge is -2.10. The van der Waals surface area contributed by atoms with Gasteiger partial charge >= 0.3 is 0 Å². The van der Waals surface area contributed by atoms with Crippen LogP contribution in [0.4, 0.5) is 0 Å². The quantitative estimate of drug-likeness (QED) is 0.866. The summed E-state index contributed by atoms with van der Waals surface area (Å²) >= 11 is 0. The zero-order chi connectivity index (χ0) is 13.1. The molecule has 0 radical (unpaired) electrons. The molecule has 0 saturated heterocycles. The topological polar surface area (TPSA) is 29.5 Å². The van der Waals surface area contributed by atoms with Crippen molar-refractivity contribution in [2.24, 2.45) is 0 Å². The molecule has 0 aliphatic heterocycles. The number of phenols is 1. The first-order chi connectivity index (χ1) is 8.60. The minimum atomic E-state index is 0.337. The summed E-state index contributed by atoms with van der Waals surface area (Å²) < 4.78 is 5.78. The molecule has 94 valence electrons. The smallest absolute Gasteiger partial charge is 0.128 e. The van der Waals surface area contributed by atoms with Crippen LogP contribution in [0.25, 0.3) is 0 Å². The monoisotopic (exact) mass is 242 g/mol. The average Bonchev–Trinajstić information content (AvgIpc) is 2.37. The fourth-order valence-electron chi connectivity index (χ4n) is 1.90. The fraction of sp³-hybridized carbons (Fsp3) is 0.250. The zero-order valence-corrected chi connectivity index (χ0v) is 11.0. The van der Waals surface area contributed by atoms with Gasteiger partial charge in [-0.1, -0.05) is 19.1 Å². The lowest BCUT2D eigenvalue weighted by atomic mass is 10.1. The maximum atomic E-state index is 9.71. The molecule has 0 atom stereocenters. The first-order valence-corrected chi connectivity index (χ1v) is 6.17. The number of hydrogen-bond acceptors (Lipinski definition) is 2. The van der Waals surface area contributed by atoms with Crippen molar-refractivity contribution < 1.29 is 9.84 Å². The lowest BCUT2D eigenvalue weighted by Crippen LogP contribution is -1.88.